The smallest absolute Gasteiger partial charge is 0.329 e. The van der Waals surface area contributed by atoms with Crippen molar-refractivity contribution in [3.05, 3.63) is 35.9 Å². The van der Waals surface area contributed by atoms with Gasteiger partial charge in [-0.1, -0.05) is 77.3 Å². The Bertz CT molecular complexity index is 1100. The minimum absolute atomic E-state index is 0.00294. The first-order chi connectivity index (χ1) is 21.1. The fourth-order valence-electron chi connectivity index (χ4n) is 7.50. The third-order valence-corrected chi connectivity index (χ3v) is 10.6. The van der Waals surface area contributed by atoms with Crippen LogP contribution in [0.25, 0.3) is 0 Å². The lowest BCUT2D eigenvalue weighted by Crippen LogP contribution is -2.62. The summed E-state index contributed by atoms with van der Waals surface area (Å²) in [5.41, 5.74) is 1.20. The van der Waals surface area contributed by atoms with Gasteiger partial charge in [-0.2, -0.15) is 0 Å². The molecule has 4 rings (SSSR count). The van der Waals surface area contributed by atoms with E-state index in [0.717, 1.165) is 57.8 Å². The second kappa shape index (κ2) is 15.8. The first-order valence-electron chi connectivity index (χ1n) is 17.2. The number of piperidine rings is 1. The van der Waals surface area contributed by atoms with E-state index in [0.29, 0.717) is 25.7 Å². The van der Waals surface area contributed by atoms with E-state index in [4.69, 9.17) is 9.47 Å². The first-order valence-corrected chi connectivity index (χ1v) is 17.2. The Labute approximate surface area is 263 Å². The van der Waals surface area contributed by atoms with Gasteiger partial charge < -0.3 is 24.6 Å². The maximum absolute atomic E-state index is 14.2. The number of amides is 1. The van der Waals surface area contributed by atoms with E-state index in [1.54, 1.807) is 6.92 Å². The highest BCUT2D eigenvalue weighted by molar-refractivity contribution is 6.09. The Hall–Kier alpha value is -2.29. The largest absolute Gasteiger partial charge is 0.461 e. The Balaban J connectivity index is 1.66. The molecular weight excluding hydrogens is 558 g/mol. The number of hydrogen-bond acceptors (Lipinski definition) is 7. The summed E-state index contributed by atoms with van der Waals surface area (Å²) in [5.74, 6) is -5.62. The number of nitrogens with zero attached hydrogens (tertiary/aromatic N) is 1. The van der Waals surface area contributed by atoms with E-state index in [-0.39, 0.29) is 30.4 Å². The molecule has 0 saturated carbocycles. The van der Waals surface area contributed by atoms with Gasteiger partial charge in [0.1, 0.15) is 12.1 Å². The van der Waals surface area contributed by atoms with Gasteiger partial charge in [0.05, 0.1) is 12.2 Å². The van der Waals surface area contributed by atoms with Crippen LogP contribution >= 0.6 is 0 Å². The normalized spacial score (nSPS) is 35.9. The number of Topliss-reactive ketones (excluding diaryl/α,β-unsaturated/α-hetero) is 1. The predicted molar refractivity (Wildman–Crippen MR) is 168 cm³/mol. The van der Waals surface area contributed by atoms with Crippen LogP contribution in [0.1, 0.15) is 110 Å². The molecule has 3 aliphatic heterocycles. The summed E-state index contributed by atoms with van der Waals surface area (Å²) in [4.78, 5) is 43.0. The van der Waals surface area contributed by atoms with Gasteiger partial charge >= 0.3 is 11.8 Å². The van der Waals surface area contributed by atoms with Crippen LogP contribution in [0.15, 0.2) is 30.3 Å². The molecule has 44 heavy (non-hydrogen) atoms. The molecule has 1 aromatic rings. The molecular formula is C36H55NO7. The van der Waals surface area contributed by atoms with E-state index < -0.39 is 47.6 Å². The van der Waals surface area contributed by atoms with E-state index in [1.807, 2.05) is 32.0 Å². The van der Waals surface area contributed by atoms with Crippen LogP contribution in [0, 0.1) is 23.7 Å². The van der Waals surface area contributed by atoms with Gasteiger partial charge in [-0.25, -0.2) is 4.79 Å². The van der Waals surface area contributed by atoms with Crippen molar-refractivity contribution < 1.29 is 34.1 Å². The highest BCUT2D eigenvalue weighted by atomic mass is 16.6. The molecule has 8 heteroatoms. The van der Waals surface area contributed by atoms with Crippen molar-refractivity contribution in [3.63, 3.8) is 0 Å². The molecule has 0 radical (unpaired) electrons. The molecule has 3 heterocycles. The number of ether oxygens (including phenoxy) is 2. The molecule has 0 aromatic heterocycles. The highest BCUT2D eigenvalue weighted by Crippen LogP contribution is 2.36. The quantitative estimate of drug-likeness (QED) is 0.335. The number of aliphatic hydroxyl groups excluding tert-OH is 1. The lowest BCUT2D eigenvalue weighted by Gasteiger charge is -2.41. The number of ketones is 1. The van der Waals surface area contributed by atoms with Crippen LogP contribution in [0.4, 0.5) is 0 Å². The molecule has 1 amide bonds. The molecule has 246 valence electrons. The molecule has 3 fully saturated rings. The van der Waals surface area contributed by atoms with Crippen LogP contribution in [-0.4, -0.2) is 69.5 Å². The molecule has 8 nitrogen and oxygen atoms in total. The molecule has 2 unspecified atom stereocenters. The second-order valence-corrected chi connectivity index (χ2v) is 13.8. The summed E-state index contributed by atoms with van der Waals surface area (Å²) in [6.45, 7) is 7.97. The number of aliphatic hydroxyl groups is 2. The lowest BCUT2D eigenvalue weighted by molar-refractivity contribution is -0.237. The lowest BCUT2D eigenvalue weighted by atomic mass is 9.84. The summed E-state index contributed by atoms with van der Waals surface area (Å²) < 4.78 is 12.4. The van der Waals surface area contributed by atoms with Crippen LogP contribution in [-0.2, 0) is 30.3 Å². The van der Waals surface area contributed by atoms with Crippen LogP contribution in [0.5, 0.6) is 0 Å². The Morgan fingerprint density at radius 3 is 2.30 bits per heavy atom. The Kier molecular flexibility index (Phi) is 12.4. The van der Waals surface area contributed by atoms with Gasteiger partial charge in [0.25, 0.3) is 5.91 Å². The van der Waals surface area contributed by atoms with E-state index >= 15 is 0 Å². The maximum Gasteiger partial charge on any atom is 0.329 e. The standard InChI is InChI=1S/C36H55NO7/c1-5-28(23-27-16-10-8-11-17-27)31-19-12-7-6-9-15-24(2)32(38)26(4)30-21-20-25(3)33(39)36(42,44-30)35(41)37-22-14-13-18-29(37)34(40)43-31/h8,10-11,16-17,24-26,28-32,38,42H,5-7,9,12-15,18-23H2,1-4H3/t24-,25-,26+,28-,29?,30+,31+,32+,36?/m1/s1. The molecule has 1 aromatic carbocycles. The second-order valence-electron chi connectivity index (χ2n) is 13.8. The fraction of sp³-hybridized carbons (Fsp3) is 0.750. The number of carbonyl (C=O) groups is 3. The van der Waals surface area contributed by atoms with Gasteiger partial charge in [-0.05, 0) is 81.6 Å². The van der Waals surface area contributed by atoms with Crippen molar-refractivity contribution in [2.24, 2.45) is 23.7 Å². The Morgan fingerprint density at radius 2 is 1.59 bits per heavy atom. The van der Waals surface area contributed by atoms with Crippen molar-refractivity contribution in [2.75, 3.05) is 6.54 Å². The minimum Gasteiger partial charge on any atom is -0.461 e. The number of benzene rings is 1. The third-order valence-electron chi connectivity index (χ3n) is 10.6. The highest BCUT2D eigenvalue weighted by Gasteiger charge is 2.55. The Morgan fingerprint density at radius 1 is 0.909 bits per heavy atom. The van der Waals surface area contributed by atoms with Crippen molar-refractivity contribution in [1.82, 2.24) is 4.90 Å². The molecule has 2 bridgehead atoms. The SMILES string of the molecule is CC[C@H](Cc1ccccc1)[C@@H]1CCCCCC[C@@H](C)[C@H](O)[C@@H](C)[C@@H]2CC[C@@H](C)C(=O)C(O)(O2)C(=O)N2CCCCC2C(=O)O1. The zero-order valence-corrected chi connectivity index (χ0v) is 27.3. The summed E-state index contributed by atoms with van der Waals surface area (Å²) in [7, 11) is 0. The number of cyclic esters (lactones) is 1. The van der Waals surface area contributed by atoms with Crippen molar-refractivity contribution in [3.8, 4) is 0 Å². The number of fused-ring (bicyclic) bond motifs is 3. The number of rotatable bonds is 4. The zero-order valence-electron chi connectivity index (χ0n) is 27.3. The van der Waals surface area contributed by atoms with Crippen molar-refractivity contribution in [1.29, 1.82) is 0 Å². The molecule has 3 saturated heterocycles. The van der Waals surface area contributed by atoms with Crippen LogP contribution in [0.3, 0.4) is 0 Å². The zero-order chi connectivity index (χ0) is 31.9. The van der Waals surface area contributed by atoms with Gasteiger partial charge in [-0.3, -0.25) is 9.59 Å². The van der Waals surface area contributed by atoms with E-state index in [9.17, 15) is 24.6 Å². The maximum atomic E-state index is 14.2. The first kappa shape index (κ1) is 34.6. The summed E-state index contributed by atoms with van der Waals surface area (Å²) >= 11 is 0. The van der Waals surface area contributed by atoms with Gasteiger partial charge in [0.15, 0.2) is 0 Å². The van der Waals surface area contributed by atoms with Crippen LogP contribution < -0.4 is 0 Å². The summed E-state index contributed by atoms with van der Waals surface area (Å²) in [5, 5.41) is 23.1. The van der Waals surface area contributed by atoms with Gasteiger partial charge in [-0.15, -0.1) is 0 Å². The average molecular weight is 614 g/mol. The van der Waals surface area contributed by atoms with E-state index in [2.05, 4.69) is 19.1 Å². The number of esters is 1. The average Bonchev–Trinajstić information content (AvgIpc) is 3.15. The summed E-state index contributed by atoms with van der Waals surface area (Å²) in [6, 6.07) is 9.34. The molecule has 0 spiro atoms. The van der Waals surface area contributed by atoms with Crippen LogP contribution in [0.2, 0.25) is 0 Å². The number of carbonyl (C=O) groups excluding carboxylic acids is 3. The minimum atomic E-state index is -2.71. The van der Waals surface area contributed by atoms with Crippen molar-refractivity contribution in [2.45, 2.75) is 141 Å². The third kappa shape index (κ3) is 8.10. The molecule has 3 aliphatic rings. The molecule has 0 aliphatic carbocycles. The number of hydrogen-bond donors (Lipinski definition) is 2. The van der Waals surface area contributed by atoms with Gasteiger partial charge in [0, 0.05) is 18.4 Å². The molecule has 9 atom stereocenters. The summed E-state index contributed by atoms with van der Waals surface area (Å²) in [6.07, 6.45) is 8.13. The predicted octanol–water partition coefficient (Wildman–Crippen LogP) is 5.61. The van der Waals surface area contributed by atoms with Gasteiger partial charge in [0.2, 0.25) is 5.78 Å². The van der Waals surface area contributed by atoms with Crippen molar-refractivity contribution >= 4 is 17.7 Å². The van der Waals surface area contributed by atoms with E-state index in [1.165, 1.54) is 10.5 Å². The monoisotopic (exact) mass is 613 g/mol. The molecule has 2 N–H and O–H groups in total. The topological polar surface area (TPSA) is 113 Å². The fourth-order valence-corrected chi connectivity index (χ4v) is 7.50.